The number of nitrogens with two attached hydrogens (primary N) is 1. The van der Waals surface area contributed by atoms with Crippen molar-refractivity contribution in [2.75, 3.05) is 6.61 Å². The zero-order chi connectivity index (χ0) is 11.8. The van der Waals surface area contributed by atoms with E-state index >= 15 is 0 Å². The summed E-state index contributed by atoms with van der Waals surface area (Å²) < 4.78 is 5.58. The van der Waals surface area contributed by atoms with E-state index in [9.17, 15) is 4.79 Å². The molecule has 17 heavy (non-hydrogen) atoms. The minimum atomic E-state index is -0.465. The number of fused-ring (bicyclic) bond motifs is 1. The Bertz CT molecular complexity index is 447. The highest BCUT2D eigenvalue weighted by molar-refractivity contribution is 5.83. The smallest absolute Gasteiger partial charge is 0.254 e. The van der Waals surface area contributed by atoms with Crippen LogP contribution in [-0.2, 0) is 16.0 Å². The fourth-order valence-electron chi connectivity index (χ4n) is 2.25. The molecule has 1 amide bonds. The van der Waals surface area contributed by atoms with E-state index in [2.05, 4.69) is 11.4 Å². The van der Waals surface area contributed by atoms with Crippen molar-refractivity contribution in [2.24, 2.45) is 5.73 Å². The van der Waals surface area contributed by atoms with Gasteiger partial charge in [-0.1, -0.05) is 24.3 Å². The molecule has 1 fully saturated rings. The van der Waals surface area contributed by atoms with Crippen molar-refractivity contribution in [2.45, 2.75) is 31.0 Å². The topological polar surface area (TPSA) is 64.3 Å². The SMILES string of the molecule is NC1CC1NC(=O)C1OCCc2ccccc21. The van der Waals surface area contributed by atoms with E-state index in [-0.39, 0.29) is 18.0 Å². The number of ether oxygens (including phenoxy) is 1. The lowest BCUT2D eigenvalue weighted by molar-refractivity contribution is -0.134. The van der Waals surface area contributed by atoms with Crippen molar-refractivity contribution in [1.29, 1.82) is 0 Å². The summed E-state index contributed by atoms with van der Waals surface area (Å²) in [5.41, 5.74) is 7.88. The van der Waals surface area contributed by atoms with E-state index in [1.165, 1.54) is 5.56 Å². The molecule has 0 radical (unpaired) electrons. The Morgan fingerprint density at radius 1 is 1.41 bits per heavy atom. The maximum absolute atomic E-state index is 12.1. The molecule has 3 atom stereocenters. The molecule has 4 heteroatoms. The minimum Gasteiger partial charge on any atom is -0.363 e. The Labute approximate surface area is 100 Å². The largest absolute Gasteiger partial charge is 0.363 e. The first-order valence-corrected chi connectivity index (χ1v) is 6.01. The Kier molecular flexibility index (Phi) is 2.61. The van der Waals surface area contributed by atoms with Crippen LogP contribution in [0.2, 0.25) is 0 Å². The third-order valence-electron chi connectivity index (χ3n) is 3.40. The summed E-state index contributed by atoms with van der Waals surface area (Å²) in [6.07, 6.45) is 1.29. The number of hydrogen-bond donors (Lipinski definition) is 2. The molecule has 3 unspecified atom stereocenters. The first kappa shape index (κ1) is 10.7. The molecule has 0 spiro atoms. The molecular weight excluding hydrogens is 216 g/mol. The van der Waals surface area contributed by atoms with Crippen LogP contribution >= 0.6 is 0 Å². The van der Waals surface area contributed by atoms with Crippen LogP contribution in [0.5, 0.6) is 0 Å². The standard InChI is InChI=1S/C13H16N2O2/c14-10-7-11(10)15-13(16)12-9-4-2-1-3-8(9)5-6-17-12/h1-4,10-12H,5-7,14H2,(H,15,16). The minimum absolute atomic E-state index is 0.0601. The van der Waals surface area contributed by atoms with Crippen LogP contribution in [0.4, 0.5) is 0 Å². The zero-order valence-electron chi connectivity index (χ0n) is 9.56. The zero-order valence-corrected chi connectivity index (χ0v) is 9.56. The van der Waals surface area contributed by atoms with Crippen molar-refractivity contribution < 1.29 is 9.53 Å². The van der Waals surface area contributed by atoms with E-state index in [1.54, 1.807) is 0 Å². The van der Waals surface area contributed by atoms with Crippen LogP contribution in [0.25, 0.3) is 0 Å². The second-order valence-corrected chi connectivity index (χ2v) is 4.71. The number of hydrogen-bond acceptors (Lipinski definition) is 3. The molecule has 0 aromatic heterocycles. The van der Waals surface area contributed by atoms with Crippen molar-refractivity contribution in [1.82, 2.24) is 5.32 Å². The Hall–Kier alpha value is -1.39. The molecular formula is C13H16N2O2. The second kappa shape index (κ2) is 4.13. The van der Waals surface area contributed by atoms with Crippen LogP contribution in [0.1, 0.15) is 23.7 Å². The van der Waals surface area contributed by atoms with Crippen LogP contribution in [-0.4, -0.2) is 24.6 Å². The highest BCUT2D eigenvalue weighted by Crippen LogP contribution is 2.28. The van der Waals surface area contributed by atoms with Gasteiger partial charge >= 0.3 is 0 Å². The van der Waals surface area contributed by atoms with Crippen molar-refractivity contribution >= 4 is 5.91 Å². The number of nitrogens with one attached hydrogen (secondary N) is 1. The Morgan fingerprint density at radius 3 is 2.94 bits per heavy atom. The molecule has 1 aromatic carbocycles. The molecule has 4 nitrogen and oxygen atoms in total. The summed E-state index contributed by atoms with van der Waals surface area (Å²) in [5, 5.41) is 2.93. The molecule has 1 saturated carbocycles. The molecule has 0 saturated heterocycles. The highest BCUT2D eigenvalue weighted by atomic mass is 16.5. The normalized spacial score (nSPS) is 30.5. The van der Waals surface area contributed by atoms with E-state index in [1.807, 2.05) is 18.2 Å². The van der Waals surface area contributed by atoms with Gasteiger partial charge in [-0.25, -0.2) is 0 Å². The van der Waals surface area contributed by atoms with E-state index < -0.39 is 6.10 Å². The molecule has 90 valence electrons. The van der Waals surface area contributed by atoms with Gasteiger partial charge in [-0.3, -0.25) is 4.79 Å². The molecule has 3 N–H and O–H groups in total. The lowest BCUT2D eigenvalue weighted by atomic mass is 9.97. The van der Waals surface area contributed by atoms with Crippen LogP contribution < -0.4 is 11.1 Å². The van der Waals surface area contributed by atoms with Gasteiger partial charge in [0.1, 0.15) is 0 Å². The Morgan fingerprint density at radius 2 is 2.18 bits per heavy atom. The number of benzene rings is 1. The number of rotatable bonds is 2. The first-order valence-electron chi connectivity index (χ1n) is 6.01. The maximum Gasteiger partial charge on any atom is 0.254 e. The molecule has 1 heterocycles. The van der Waals surface area contributed by atoms with Gasteiger partial charge in [0.25, 0.3) is 5.91 Å². The predicted octanol–water partition coefficient (Wildman–Crippen LogP) is 0.516. The fourth-order valence-corrected chi connectivity index (χ4v) is 2.25. The number of carbonyl (C=O) groups is 1. The summed E-state index contributed by atoms with van der Waals surface area (Å²) in [7, 11) is 0. The lowest BCUT2D eigenvalue weighted by Gasteiger charge is -2.25. The molecule has 1 aromatic rings. The van der Waals surface area contributed by atoms with Crippen molar-refractivity contribution in [3.63, 3.8) is 0 Å². The van der Waals surface area contributed by atoms with E-state index in [4.69, 9.17) is 10.5 Å². The van der Waals surface area contributed by atoms with Gasteiger partial charge in [-0.05, 0) is 24.0 Å². The third-order valence-corrected chi connectivity index (χ3v) is 3.40. The summed E-state index contributed by atoms with van der Waals surface area (Å²) in [5.74, 6) is -0.0601. The highest BCUT2D eigenvalue weighted by Gasteiger charge is 2.37. The van der Waals surface area contributed by atoms with Crippen LogP contribution in [0.3, 0.4) is 0 Å². The van der Waals surface area contributed by atoms with E-state index in [0.29, 0.717) is 6.61 Å². The van der Waals surface area contributed by atoms with Crippen LogP contribution in [0.15, 0.2) is 24.3 Å². The average Bonchev–Trinajstić information content (AvgIpc) is 3.04. The summed E-state index contributed by atoms with van der Waals surface area (Å²) in [6.45, 7) is 0.603. The molecule has 0 bridgehead atoms. The molecule has 2 aliphatic rings. The van der Waals surface area contributed by atoms with Gasteiger partial charge in [-0.2, -0.15) is 0 Å². The second-order valence-electron chi connectivity index (χ2n) is 4.71. The van der Waals surface area contributed by atoms with Gasteiger partial charge in [0.15, 0.2) is 6.10 Å². The predicted molar refractivity (Wildman–Crippen MR) is 63.4 cm³/mol. The molecule has 3 rings (SSSR count). The van der Waals surface area contributed by atoms with Gasteiger partial charge in [-0.15, -0.1) is 0 Å². The maximum atomic E-state index is 12.1. The Balaban J connectivity index is 1.77. The monoisotopic (exact) mass is 232 g/mol. The molecule has 1 aliphatic carbocycles. The van der Waals surface area contributed by atoms with Gasteiger partial charge in [0, 0.05) is 12.1 Å². The van der Waals surface area contributed by atoms with Gasteiger partial charge in [0.2, 0.25) is 0 Å². The number of carbonyl (C=O) groups excluding carboxylic acids is 1. The van der Waals surface area contributed by atoms with Crippen LogP contribution in [0, 0.1) is 0 Å². The van der Waals surface area contributed by atoms with Gasteiger partial charge in [0.05, 0.1) is 6.61 Å². The van der Waals surface area contributed by atoms with Crippen molar-refractivity contribution in [3.8, 4) is 0 Å². The quantitative estimate of drug-likeness (QED) is 0.781. The summed E-state index contributed by atoms with van der Waals surface area (Å²) >= 11 is 0. The van der Waals surface area contributed by atoms with Gasteiger partial charge < -0.3 is 15.8 Å². The average molecular weight is 232 g/mol. The third kappa shape index (κ3) is 2.06. The number of amides is 1. The lowest BCUT2D eigenvalue weighted by Crippen LogP contribution is -2.36. The fraction of sp³-hybridized carbons (Fsp3) is 0.462. The summed E-state index contributed by atoms with van der Waals surface area (Å²) in [6, 6.07) is 8.22. The molecule has 1 aliphatic heterocycles. The van der Waals surface area contributed by atoms with E-state index in [0.717, 1.165) is 18.4 Å². The first-order chi connectivity index (χ1) is 8.25. The summed E-state index contributed by atoms with van der Waals surface area (Å²) in [4.78, 5) is 12.1. The van der Waals surface area contributed by atoms with Crippen molar-refractivity contribution in [3.05, 3.63) is 35.4 Å².